The molecule has 1 aromatic heterocycles. The van der Waals surface area contributed by atoms with E-state index >= 15 is 0 Å². The normalized spacial score (nSPS) is 12.6. The average molecular weight is 375 g/mol. The predicted octanol–water partition coefficient (Wildman–Crippen LogP) is 3.44. The quantitative estimate of drug-likeness (QED) is 0.657. The number of fused-ring (bicyclic) bond motifs is 1. The van der Waals surface area contributed by atoms with Gasteiger partial charge in [-0.05, 0) is 30.2 Å². The van der Waals surface area contributed by atoms with Crippen molar-refractivity contribution >= 4 is 22.6 Å². The van der Waals surface area contributed by atoms with Crippen molar-refractivity contribution in [2.24, 2.45) is 0 Å². The largest absolute Gasteiger partial charge is 0.389 e. The Bertz CT molecular complexity index is 932. The van der Waals surface area contributed by atoms with Crippen LogP contribution in [-0.2, 0) is 24.4 Å². The Labute approximate surface area is 157 Å². The maximum atomic E-state index is 12.7. The van der Waals surface area contributed by atoms with Crippen LogP contribution in [0.15, 0.2) is 53.3 Å². The van der Waals surface area contributed by atoms with Gasteiger partial charge in [0.15, 0.2) is 0 Å². The van der Waals surface area contributed by atoms with E-state index in [1.165, 1.54) is 0 Å². The monoisotopic (exact) mass is 374 g/mol. The highest BCUT2D eigenvalue weighted by molar-refractivity contribution is 6.31. The van der Waals surface area contributed by atoms with Gasteiger partial charge in [0.25, 0.3) is 0 Å². The number of hydrogen-bond acceptors (Lipinski definition) is 3. The molecule has 3 rings (SSSR count). The number of halogens is 1. The molecule has 1 unspecified atom stereocenters. The lowest BCUT2D eigenvalue weighted by Crippen LogP contribution is -2.30. The number of benzene rings is 2. The molecule has 1 N–H and O–H groups in total. The summed E-state index contributed by atoms with van der Waals surface area (Å²) in [5, 5.41) is 11.0. The van der Waals surface area contributed by atoms with Gasteiger partial charge in [0, 0.05) is 11.6 Å². The number of aliphatic hydroxyl groups is 1. The molecule has 5 nitrogen and oxygen atoms in total. The molecule has 0 aliphatic heterocycles. The van der Waals surface area contributed by atoms with E-state index in [9.17, 15) is 9.90 Å². The molecular weight excluding hydrogens is 352 g/mol. The zero-order valence-corrected chi connectivity index (χ0v) is 15.5. The van der Waals surface area contributed by atoms with Crippen molar-refractivity contribution in [3.8, 4) is 0 Å². The molecule has 1 atom stereocenters. The van der Waals surface area contributed by atoms with Crippen LogP contribution in [0.4, 0.5) is 0 Å². The number of ether oxygens (including phenoxy) is 1. The first-order valence-electron chi connectivity index (χ1n) is 8.79. The molecular formula is C20H23ClN2O3. The smallest absolute Gasteiger partial charge is 0.329 e. The third-order valence-corrected chi connectivity index (χ3v) is 4.66. The number of aliphatic hydroxyl groups excluding tert-OH is 1. The van der Waals surface area contributed by atoms with E-state index in [0.29, 0.717) is 18.2 Å². The van der Waals surface area contributed by atoms with Gasteiger partial charge < -0.3 is 9.84 Å². The Morgan fingerprint density at radius 1 is 1.08 bits per heavy atom. The number of para-hydroxylation sites is 2. The van der Waals surface area contributed by atoms with Gasteiger partial charge in [0.1, 0.15) is 0 Å². The number of rotatable bonds is 8. The Kier molecular flexibility index (Phi) is 6.14. The van der Waals surface area contributed by atoms with E-state index in [0.717, 1.165) is 23.0 Å². The molecule has 2 aromatic carbocycles. The number of aromatic nitrogens is 2. The second-order valence-corrected chi connectivity index (χ2v) is 6.70. The maximum Gasteiger partial charge on any atom is 0.329 e. The van der Waals surface area contributed by atoms with Crippen LogP contribution in [-0.4, -0.2) is 27.0 Å². The van der Waals surface area contributed by atoms with Gasteiger partial charge in [-0.25, -0.2) is 4.79 Å². The Balaban J connectivity index is 1.69. The second kappa shape index (κ2) is 8.54. The summed E-state index contributed by atoms with van der Waals surface area (Å²) in [6.45, 7) is 3.34. The van der Waals surface area contributed by atoms with Crippen molar-refractivity contribution in [3.05, 3.63) is 69.6 Å². The molecule has 0 saturated heterocycles. The lowest BCUT2D eigenvalue weighted by atomic mass is 10.2. The minimum Gasteiger partial charge on any atom is -0.389 e. The summed E-state index contributed by atoms with van der Waals surface area (Å²) in [7, 11) is 0. The average Bonchev–Trinajstić information content (AvgIpc) is 2.90. The van der Waals surface area contributed by atoms with Crippen LogP contribution in [0.5, 0.6) is 0 Å². The van der Waals surface area contributed by atoms with Gasteiger partial charge in [-0.3, -0.25) is 9.13 Å². The SMILES string of the molecule is CCCn1c(=O)n(CC(O)COCc2ccccc2Cl)c2ccccc21. The maximum absolute atomic E-state index is 12.7. The molecule has 0 bridgehead atoms. The fraction of sp³-hybridized carbons (Fsp3) is 0.350. The van der Waals surface area contributed by atoms with Gasteiger partial charge in [-0.1, -0.05) is 48.9 Å². The molecule has 0 saturated carbocycles. The summed E-state index contributed by atoms with van der Waals surface area (Å²) in [5.41, 5.74) is 2.50. The second-order valence-electron chi connectivity index (χ2n) is 6.29. The Morgan fingerprint density at radius 2 is 1.73 bits per heavy atom. The van der Waals surface area contributed by atoms with Crippen molar-refractivity contribution in [2.75, 3.05) is 6.61 Å². The zero-order chi connectivity index (χ0) is 18.5. The van der Waals surface area contributed by atoms with Crippen molar-refractivity contribution in [2.45, 2.75) is 39.1 Å². The van der Waals surface area contributed by atoms with Crippen LogP contribution in [0.25, 0.3) is 11.0 Å². The molecule has 0 aliphatic rings. The van der Waals surface area contributed by atoms with Gasteiger partial charge in [0.05, 0.1) is 36.9 Å². The van der Waals surface area contributed by atoms with E-state index < -0.39 is 6.10 Å². The molecule has 6 heteroatoms. The highest BCUT2D eigenvalue weighted by atomic mass is 35.5. The summed E-state index contributed by atoms with van der Waals surface area (Å²) < 4.78 is 8.96. The van der Waals surface area contributed by atoms with Crippen molar-refractivity contribution in [1.29, 1.82) is 0 Å². The van der Waals surface area contributed by atoms with Crippen LogP contribution in [0.2, 0.25) is 5.02 Å². The van der Waals surface area contributed by atoms with Crippen LogP contribution >= 0.6 is 11.6 Å². The molecule has 0 aliphatic carbocycles. The van der Waals surface area contributed by atoms with Crippen molar-refractivity contribution < 1.29 is 9.84 Å². The fourth-order valence-corrected chi connectivity index (χ4v) is 3.26. The van der Waals surface area contributed by atoms with Gasteiger partial charge in [-0.2, -0.15) is 0 Å². The molecule has 0 amide bonds. The van der Waals surface area contributed by atoms with Crippen molar-refractivity contribution in [3.63, 3.8) is 0 Å². The van der Waals surface area contributed by atoms with E-state index in [1.807, 2.05) is 49.4 Å². The number of imidazole rings is 1. The highest BCUT2D eigenvalue weighted by Crippen LogP contribution is 2.16. The molecule has 3 aromatic rings. The van der Waals surface area contributed by atoms with Gasteiger partial charge in [-0.15, -0.1) is 0 Å². The summed E-state index contributed by atoms with van der Waals surface area (Å²) in [6, 6.07) is 15.1. The Morgan fingerprint density at radius 3 is 2.42 bits per heavy atom. The first-order chi connectivity index (χ1) is 12.6. The molecule has 0 fully saturated rings. The predicted molar refractivity (Wildman–Crippen MR) is 104 cm³/mol. The van der Waals surface area contributed by atoms with Crippen LogP contribution in [0.3, 0.4) is 0 Å². The molecule has 0 radical (unpaired) electrons. The molecule has 138 valence electrons. The van der Waals surface area contributed by atoms with Crippen LogP contribution in [0.1, 0.15) is 18.9 Å². The molecule has 26 heavy (non-hydrogen) atoms. The highest BCUT2D eigenvalue weighted by Gasteiger charge is 2.15. The molecule has 1 heterocycles. The zero-order valence-electron chi connectivity index (χ0n) is 14.8. The third kappa shape index (κ3) is 4.01. The number of aryl methyl sites for hydroxylation is 1. The van der Waals surface area contributed by atoms with E-state index in [-0.39, 0.29) is 18.8 Å². The topological polar surface area (TPSA) is 56.4 Å². The van der Waals surface area contributed by atoms with Crippen LogP contribution < -0.4 is 5.69 Å². The van der Waals surface area contributed by atoms with Crippen molar-refractivity contribution in [1.82, 2.24) is 9.13 Å². The summed E-state index contributed by atoms with van der Waals surface area (Å²) in [5.74, 6) is 0. The van der Waals surface area contributed by atoms with E-state index in [2.05, 4.69) is 0 Å². The minimum absolute atomic E-state index is 0.0989. The van der Waals surface area contributed by atoms with Gasteiger partial charge >= 0.3 is 5.69 Å². The summed E-state index contributed by atoms with van der Waals surface area (Å²) in [4.78, 5) is 12.7. The lowest BCUT2D eigenvalue weighted by Gasteiger charge is -2.13. The standard InChI is InChI=1S/C20H23ClN2O3/c1-2-11-22-18-9-5-6-10-19(18)23(20(22)25)12-16(24)14-26-13-15-7-3-4-8-17(15)21/h3-10,16,24H,2,11-14H2,1H3. The summed E-state index contributed by atoms with van der Waals surface area (Å²) in [6.07, 6.45) is 0.0910. The lowest BCUT2D eigenvalue weighted by molar-refractivity contribution is 0.0204. The third-order valence-electron chi connectivity index (χ3n) is 4.29. The van der Waals surface area contributed by atoms with E-state index in [1.54, 1.807) is 15.2 Å². The van der Waals surface area contributed by atoms with Crippen LogP contribution in [0, 0.1) is 0 Å². The van der Waals surface area contributed by atoms with E-state index in [4.69, 9.17) is 16.3 Å². The fourth-order valence-electron chi connectivity index (χ4n) is 3.07. The summed E-state index contributed by atoms with van der Waals surface area (Å²) >= 11 is 6.10. The Hall–Kier alpha value is -2.08. The minimum atomic E-state index is -0.781. The molecule has 0 spiro atoms. The first-order valence-corrected chi connectivity index (χ1v) is 9.17. The van der Waals surface area contributed by atoms with Gasteiger partial charge in [0.2, 0.25) is 0 Å². The number of nitrogens with zero attached hydrogens (tertiary/aromatic N) is 2. The number of hydrogen-bond donors (Lipinski definition) is 1. The first kappa shape index (κ1) is 18.7.